The van der Waals surface area contributed by atoms with E-state index in [1.807, 2.05) is 0 Å². The molecule has 4 nitrogen and oxygen atoms in total. The number of hydrogen-bond acceptors (Lipinski definition) is 3. The molecule has 0 aliphatic rings. The number of rotatable bonds is 5. The van der Waals surface area contributed by atoms with E-state index in [4.69, 9.17) is 5.73 Å². The number of halogens is 3. The number of hydrogen-bond donors (Lipinski definition) is 1. The summed E-state index contributed by atoms with van der Waals surface area (Å²) in [6.45, 7) is 0.127. The van der Waals surface area contributed by atoms with E-state index in [0.717, 1.165) is 5.56 Å². The minimum absolute atomic E-state index is 0.0735. The molecule has 0 fully saturated rings. The van der Waals surface area contributed by atoms with E-state index in [9.17, 15) is 13.2 Å². The summed E-state index contributed by atoms with van der Waals surface area (Å²) in [6.07, 6.45) is -0.666. The Morgan fingerprint density at radius 2 is 2.20 bits per heavy atom. The Kier molecular flexibility index (Phi) is 4.10. The van der Waals surface area contributed by atoms with Gasteiger partial charge in [0.1, 0.15) is 0 Å². The molecule has 1 aromatic heterocycles. The number of aromatic nitrogens is 2. The topological polar surface area (TPSA) is 53.1 Å². The minimum atomic E-state index is -4.58. The summed E-state index contributed by atoms with van der Waals surface area (Å²) in [5, 5.41) is 3.87. The standard InChI is InChI=1S/C8H12F3N3O/c9-8(10,11)15-4-3-14-6-7(1-2-12)5-13-14/h5-6H,1-4,12H2. The van der Waals surface area contributed by atoms with Crippen LogP contribution in [0.3, 0.4) is 0 Å². The highest BCUT2D eigenvalue weighted by molar-refractivity contribution is 5.03. The zero-order valence-corrected chi connectivity index (χ0v) is 8.00. The van der Waals surface area contributed by atoms with Crippen LogP contribution in [0.25, 0.3) is 0 Å². The summed E-state index contributed by atoms with van der Waals surface area (Å²) in [4.78, 5) is 0. The highest BCUT2D eigenvalue weighted by Crippen LogP contribution is 2.15. The van der Waals surface area contributed by atoms with Gasteiger partial charge in [0.2, 0.25) is 0 Å². The third-order valence-corrected chi connectivity index (χ3v) is 1.71. The van der Waals surface area contributed by atoms with Crippen molar-refractivity contribution in [3.05, 3.63) is 18.0 Å². The summed E-state index contributed by atoms with van der Waals surface area (Å²) in [7, 11) is 0. The van der Waals surface area contributed by atoms with Crippen LogP contribution in [0.5, 0.6) is 0 Å². The van der Waals surface area contributed by atoms with Crippen LogP contribution >= 0.6 is 0 Å². The van der Waals surface area contributed by atoms with Crippen molar-refractivity contribution in [3.63, 3.8) is 0 Å². The fourth-order valence-corrected chi connectivity index (χ4v) is 1.08. The Labute approximate surface area is 84.8 Å². The molecule has 0 unspecified atom stereocenters. The molecule has 0 atom stereocenters. The summed E-state index contributed by atoms with van der Waals surface area (Å²) >= 11 is 0. The molecule has 1 aromatic rings. The molecule has 15 heavy (non-hydrogen) atoms. The second kappa shape index (κ2) is 5.13. The lowest BCUT2D eigenvalue weighted by Crippen LogP contribution is -2.17. The molecule has 2 N–H and O–H groups in total. The van der Waals surface area contributed by atoms with E-state index >= 15 is 0 Å². The van der Waals surface area contributed by atoms with Gasteiger partial charge in [0.25, 0.3) is 0 Å². The summed E-state index contributed by atoms with van der Waals surface area (Å²) in [5.41, 5.74) is 6.22. The normalized spacial score (nSPS) is 12.0. The summed E-state index contributed by atoms with van der Waals surface area (Å²) in [6, 6.07) is 0. The molecule has 0 saturated heterocycles. The zero-order valence-electron chi connectivity index (χ0n) is 8.00. The van der Waals surface area contributed by atoms with Crippen molar-refractivity contribution in [2.45, 2.75) is 19.3 Å². The van der Waals surface area contributed by atoms with Crippen LogP contribution in [0, 0.1) is 0 Å². The predicted molar refractivity (Wildman–Crippen MR) is 47.0 cm³/mol. The maximum Gasteiger partial charge on any atom is 0.522 e. The Hall–Kier alpha value is -1.08. The molecule has 1 rings (SSSR count). The lowest BCUT2D eigenvalue weighted by Gasteiger charge is -2.06. The molecule has 1 heterocycles. The maximum atomic E-state index is 11.6. The van der Waals surface area contributed by atoms with Crippen molar-refractivity contribution >= 4 is 0 Å². The molecule has 0 bridgehead atoms. The van der Waals surface area contributed by atoms with Crippen LogP contribution in [-0.4, -0.2) is 29.3 Å². The van der Waals surface area contributed by atoms with Gasteiger partial charge in [-0.1, -0.05) is 0 Å². The first-order valence-electron chi connectivity index (χ1n) is 4.43. The van der Waals surface area contributed by atoms with E-state index < -0.39 is 13.0 Å². The van der Waals surface area contributed by atoms with E-state index in [2.05, 4.69) is 9.84 Å². The van der Waals surface area contributed by atoms with Gasteiger partial charge in [-0.25, -0.2) is 0 Å². The van der Waals surface area contributed by atoms with Crippen molar-refractivity contribution in [2.75, 3.05) is 13.2 Å². The van der Waals surface area contributed by atoms with E-state index in [1.165, 1.54) is 4.68 Å². The Morgan fingerprint density at radius 3 is 2.80 bits per heavy atom. The van der Waals surface area contributed by atoms with Gasteiger partial charge in [-0.05, 0) is 18.5 Å². The van der Waals surface area contributed by atoms with Crippen LogP contribution in [0.1, 0.15) is 5.56 Å². The predicted octanol–water partition coefficient (Wildman–Crippen LogP) is 0.921. The van der Waals surface area contributed by atoms with Crippen LogP contribution < -0.4 is 5.73 Å². The fraction of sp³-hybridized carbons (Fsp3) is 0.625. The van der Waals surface area contributed by atoms with Gasteiger partial charge in [-0.15, -0.1) is 13.2 Å². The number of ether oxygens (including phenoxy) is 1. The van der Waals surface area contributed by atoms with Gasteiger partial charge >= 0.3 is 6.36 Å². The SMILES string of the molecule is NCCc1cnn(CCOC(F)(F)F)c1. The van der Waals surface area contributed by atoms with E-state index in [1.54, 1.807) is 12.4 Å². The van der Waals surface area contributed by atoms with Crippen molar-refractivity contribution < 1.29 is 17.9 Å². The van der Waals surface area contributed by atoms with Gasteiger partial charge in [-0.3, -0.25) is 9.42 Å². The largest absolute Gasteiger partial charge is 0.522 e. The quantitative estimate of drug-likeness (QED) is 0.807. The van der Waals surface area contributed by atoms with Crippen molar-refractivity contribution in [1.82, 2.24) is 9.78 Å². The molecule has 0 amide bonds. The van der Waals surface area contributed by atoms with Gasteiger partial charge in [-0.2, -0.15) is 5.10 Å². The molecule has 0 aliphatic heterocycles. The first-order chi connectivity index (χ1) is 7.01. The smallest absolute Gasteiger partial charge is 0.330 e. The minimum Gasteiger partial charge on any atom is -0.330 e. The maximum absolute atomic E-state index is 11.6. The van der Waals surface area contributed by atoms with Crippen LogP contribution in [0.2, 0.25) is 0 Å². The number of alkyl halides is 3. The first kappa shape index (κ1) is 12.0. The molecule has 7 heteroatoms. The lowest BCUT2D eigenvalue weighted by molar-refractivity contribution is -0.325. The van der Waals surface area contributed by atoms with Gasteiger partial charge in [0, 0.05) is 6.20 Å². The zero-order chi connectivity index (χ0) is 11.3. The second-order valence-corrected chi connectivity index (χ2v) is 2.94. The van der Waals surface area contributed by atoms with Crippen LogP contribution in [0.4, 0.5) is 13.2 Å². The van der Waals surface area contributed by atoms with E-state index in [0.29, 0.717) is 13.0 Å². The van der Waals surface area contributed by atoms with Crippen molar-refractivity contribution in [1.29, 1.82) is 0 Å². The van der Waals surface area contributed by atoms with Gasteiger partial charge in [0.05, 0.1) is 19.3 Å². The highest BCUT2D eigenvalue weighted by atomic mass is 19.4. The Balaban J connectivity index is 2.31. The third-order valence-electron chi connectivity index (χ3n) is 1.71. The number of nitrogens with two attached hydrogens (primary N) is 1. The van der Waals surface area contributed by atoms with Crippen molar-refractivity contribution in [2.24, 2.45) is 5.73 Å². The third kappa shape index (κ3) is 4.80. The molecular formula is C8H12F3N3O. The van der Waals surface area contributed by atoms with Crippen molar-refractivity contribution in [3.8, 4) is 0 Å². The first-order valence-corrected chi connectivity index (χ1v) is 4.43. The second-order valence-electron chi connectivity index (χ2n) is 2.94. The summed E-state index contributed by atoms with van der Waals surface area (Å²) in [5.74, 6) is 0. The molecule has 0 saturated carbocycles. The highest BCUT2D eigenvalue weighted by Gasteiger charge is 2.28. The van der Waals surface area contributed by atoms with E-state index in [-0.39, 0.29) is 6.54 Å². The van der Waals surface area contributed by atoms with Gasteiger partial charge in [0.15, 0.2) is 0 Å². The summed E-state index contributed by atoms with van der Waals surface area (Å²) < 4.78 is 39.9. The Bertz CT molecular complexity index is 298. The molecule has 0 aromatic carbocycles. The van der Waals surface area contributed by atoms with Crippen LogP contribution in [-0.2, 0) is 17.7 Å². The molecule has 0 aliphatic carbocycles. The average molecular weight is 223 g/mol. The molecular weight excluding hydrogens is 211 g/mol. The van der Waals surface area contributed by atoms with Gasteiger partial charge < -0.3 is 5.73 Å². The Morgan fingerprint density at radius 1 is 1.47 bits per heavy atom. The van der Waals surface area contributed by atoms with Crippen LogP contribution in [0.15, 0.2) is 12.4 Å². The molecule has 86 valence electrons. The molecule has 0 spiro atoms. The molecule has 0 radical (unpaired) electrons. The lowest BCUT2D eigenvalue weighted by atomic mass is 10.3. The fourth-order valence-electron chi connectivity index (χ4n) is 1.08. The number of nitrogens with zero attached hydrogens (tertiary/aromatic N) is 2. The average Bonchev–Trinajstić information content (AvgIpc) is 2.51. The monoisotopic (exact) mass is 223 g/mol.